The second-order valence-electron chi connectivity index (χ2n) is 6.24. The second-order valence-corrected chi connectivity index (χ2v) is 6.24. The van der Waals surface area contributed by atoms with E-state index in [0.29, 0.717) is 5.69 Å². The topological polar surface area (TPSA) is 97.0 Å². The number of hydrogen-bond acceptors (Lipinski definition) is 6. The van der Waals surface area contributed by atoms with Crippen LogP contribution in [0.5, 0.6) is 5.75 Å². The minimum Gasteiger partial charge on any atom is -0.454 e. The fraction of sp³-hybridized carbons (Fsp3) is 0.250. The fourth-order valence-electron chi connectivity index (χ4n) is 2.31. The van der Waals surface area contributed by atoms with E-state index in [2.05, 4.69) is 15.4 Å². The Balaban J connectivity index is 1.75. The normalized spacial score (nSPS) is 10.3. The summed E-state index contributed by atoms with van der Waals surface area (Å²) >= 11 is 0. The van der Waals surface area contributed by atoms with E-state index in [1.165, 1.54) is 18.2 Å². The molecule has 2 aromatic rings. The maximum atomic E-state index is 12.2. The number of carbonyl (C=O) groups excluding carboxylic acids is 3. The zero-order valence-corrected chi connectivity index (χ0v) is 16.4. The van der Waals surface area contributed by atoms with E-state index >= 15 is 0 Å². The number of benzene rings is 2. The van der Waals surface area contributed by atoms with Gasteiger partial charge in [0, 0.05) is 31.0 Å². The van der Waals surface area contributed by atoms with Gasteiger partial charge in [-0.3, -0.25) is 14.4 Å². The van der Waals surface area contributed by atoms with Gasteiger partial charge in [-0.15, -0.1) is 0 Å². The van der Waals surface area contributed by atoms with Crippen LogP contribution in [0.25, 0.3) is 0 Å². The first-order valence-electron chi connectivity index (χ1n) is 8.80. The molecule has 160 valence electrons. The van der Waals surface area contributed by atoms with Crippen LogP contribution in [-0.2, 0) is 14.3 Å². The molecule has 10 heteroatoms. The first-order chi connectivity index (χ1) is 14.2. The van der Waals surface area contributed by atoms with E-state index in [0.717, 1.165) is 11.8 Å². The summed E-state index contributed by atoms with van der Waals surface area (Å²) in [6, 6.07) is 12.2. The Morgan fingerprint density at radius 1 is 1.07 bits per heavy atom. The highest BCUT2D eigenvalue weighted by molar-refractivity contribution is 5.97. The van der Waals surface area contributed by atoms with Crippen molar-refractivity contribution in [1.29, 1.82) is 0 Å². The van der Waals surface area contributed by atoms with Crippen LogP contribution in [0.15, 0.2) is 48.5 Å². The molecule has 8 nitrogen and oxygen atoms in total. The minimum absolute atomic E-state index is 0.0277. The number of rotatable bonds is 9. The third kappa shape index (κ3) is 7.38. The van der Waals surface area contributed by atoms with Gasteiger partial charge in [0.05, 0.1) is 0 Å². The van der Waals surface area contributed by atoms with Crippen LogP contribution in [-0.4, -0.2) is 51.6 Å². The van der Waals surface area contributed by atoms with Crippen LogP contribution in [0, 0.1) is 0 Å². The molecule has 0 fully saturated rings. The minimum atomic E-state index is -3.02. The molecule has 0 unspecified atom stereocenters. The molecule has 2 rings (SSSR count). The molecule has 0 atom stereocenters. The summed E-state index contributed by atoms with van der Waals surface area (Å²) in [5, 5.41) is 4.86. The largest absolute Gasteiger partial charge is 0.454 e. The predicted octanol–water partition coefficient (Wildman–Crippen LogP) is 2.27. The van der Waals surface area contributed by atoms with Gasteiger partial charge < -0.3 is 25.0 Å². The number of halogens is 2. The van der Waals surface area contributed by atoms with Crippen molar-refractivity contribution in [2.24, 2.45) is 0 Å². The summed E-state index contributed by atoms with van der Waals surface area (Å²) in [5.41, 5.74) is 1.53. The first kappa shape index (κ1) is 22.6. The van der Waals surface area contributed by atoms with E-state index in [9.17, 15) is 23.2 Å². The van der Waals surface area contributed by atoms with E-state index in [-0.39, 0.29) is 11.3 Å². The Morgan fingerprint density at radius 2 is 1.77 bits per heavy atom. The Morgan fingerprint density at radius 3 is 2.40 bits per heavy atom. The highest BCUT2D eigenvalue weighted by Gasteiger charge is 2.13. The van der Waals surface area contributed by atoms with Crippen molar-refractivity contribution in [2.45, 2.75) is 6.61 Å². The first-order valence-corrected chi connectivity index (χ1v) is 8.80. The smallest absolute Gasteiger partial charge is 0.387 e. The quantitative estimate of drug-likeness (QED) is 0.603. The SMILES string of the molecule is CN(C)c1ccc(NC(=O)COC(=O)CNC(=O)c2cccc(OC(F)F)c2)cc1. The molecule has 0 aliphatic carbocycles. The second kappa shape index (κ2) is 10.7. The van der Waals surface area contributed by atoms with E-state index < -0.39 is 37.5 Å². The van der Waals surface area contributed by atoms with Gasteiger partial charge in [-0.05, 0) is 42.5 Å². The molecule has 0 saturated carbocycles. The van der Waals surface area contributed by atoms with Crippen molar-refractivity contribution in [2.75, 3.05) is 37.5 Å². The number of nitrogens with zero attached hydrogens (tertiary/aromatic N) is 1. The lowest BCUT2D eigenvalue weighted by atomic mass is 10.2. The Hall–Kier alpha value is -3.69. The molecule has 0 saturated heterocycles. The number of ether oxygens (including phenoxy) is 2. The highest BCUT2D eigenvalue weighted by atomic mass is 19.3. The number of hydrogen-bond donors (Lipinski definition) is 2. The van der Waals surface area contributed by atoms with Crippen LogP contribution in [0.4, 0.5) is 20.2 Å². The van der Waals surface area contributed by atoms with E-state index in [1.807, 2.05) is 31.1 Å². The standard InChI is InChI=1S/C20H21F2N3O5/c1-25(2)15-8-6-14(7-9-15)24-17(26)12-29-18(27)11-23-19(28)13-4-3-5-16(10-13)30-20(21)22/h3-10,20H,11-12H2,1-2H3,(H,23,28)(H,24,26). The van der Waals surface area contributed by atoms with Crippen LogP contribution in [0.3, 0.4) is 0 Å². The molecule has 30 heavy (non-hydrogen) atoms. The van der Waals surface area contributed by atoms with Crippen molar-refractivity contribution in [3.8, 4) is 5.75 Å². The van der Waals surface area contributed by atoms with Crippen molar-refractivity contribution in [1.82, 2.24) is 5.32 Å². The van der Waals surface area contributed by atoms with Crippen LogP contribution in [0.1, 0.15) is 10.4 Å². The lowest BCUT2D eigenvalue weighted by Crippen LogP contribution is -2.32. The fourth-order valence-corrected chi connectivity index (χ4v) is 2.31. The summed E-state index contributed by atoms with van der Waals surface area (Å²) in [4.78, 5) is 37.5. The number of amides is 2. The Labute approximate surface area is 171 Å². The zero-order valence-electron chi connectivity index (χ0n) is 16.4. The molecule has 0 spiro atoms. The van der Waals surface area contributed by atoms with Gasteiger partial charge in [0.15, 0.2) is 6.61 Å². The summed E-state index contributed by atoms with van der Waals surface area (Å²) in [6.07, 6.45) is 0. The molecule has 2 N–H and O–H groups in total. The third-order valence-corrected chi connectivity index (χ3v) is 3.75. The third-order valence-electron chi connectivity index (χ3n) is 3.75. The summed E-state index contributed by atoms with van der Waals surface area (Å²) in [5.74, 6) is -2.24. The summed E-state index contributed by atoms with van der Waals surface area (Å²) in [7, 11) is 3.78. The van der Waals surface area contributed by atoms with Crippen LogP contribution < -0.4 is 20.3 Å². The van der Waals surface area contributed by atoms with Gasteiger partial charge in [0.1, 0.15) is 12.3 Å². The van der Waals surface area contributed by atoms with Crippen molar-refractivity contribution < 1.29 is 32.6 Å². The average molecular weight is 421 g/mol. The van der Waals surface area contributed by atoms with Gasteiger partial charge in [-0.1, -0.05) is 6.07 Å². The summed E-state index contributed by atoms with van der Waals surface area (Å²) in [6.45, 7) is -4.04. The number of nitrogens with one attached hydrogen (secondary N) is 2. The predicted molar refractivity (Wildman–Crippen MR) is 106 cm³/mol. The molecule has 2 amide bonds. The Kier molecular flexibility index (Phi) is 8.09. The van der Waals surface area contributed by atoms with E-state index in [4.69, 9.17) is 4.74 Å². The van der Waals surface area contributed by atoms with Gasteiger partial charge in [0.25, 0.3) is 11.8 Å². The van der Waals surface area contributed by atoms with Crippen molar-refractivity contribution >= 4 is 29.2 Å². The molecule has 0 aromatic heterocycles. The average Bonchev–Trinajstić information content (AvgIpc) is 2.70. The number of anilines is 2. The number of alkyl halides is 2. The van der Waals surface area contributed by atoms with E-state index in [1.54, 1.807) is 12.1 Å². The lowest BCUT2D eigenvalue weighted by Gasteiger charge is -2.13. The molecule has 2 aromatic carbocycles. The highest BCUT2D eigenvalue weighted by Crippen LogP contribution is 2.16. The van der Waals surface area contributed by atoms with Gasteiger partial charge in [-0.25, -0.2) is 0 Å². The molecule has 0 bridgehead atoms. The van der Waals surface area contributed by atoms with Gasteiger partial charge in [0.2, 0.25) is 0 Å². The molecule has 0 heterocycles. The summed E-state index contributed by atoms with van der Waals surface area (Å²) < 4.78 is 33.5. The zero-order chi connectivity index (χ0) is 22.1. The molecular weight excluding hydrogens is 400 g/mol. The van der Waals surface area contributed by atoms with Gasteiger partial charge in [-0.2, -0.15) is 8.78 Å². The lowest BCUT2D eigenvalue weighted by molar-refractivity contribution is -0.146. The Bertz CT molecular complexity index is 888. The molecule has 0 aliphatic rings. The number of carbonyl (C=O) groups is 3. The maximum absolute atomic E-state index is 12.2. The van der Waals surface area contributed by atoms with Crippen LogP contribution in [0.2, 0.25) is 0 Å². The molecule has 0 aliphatic heterocycles. The molecule has 0 radical (unpaired) electrons. The van der Waals surface area contributed by atoms with Gasteiger partial charge >= 0.3 is 12.6 Å². The number of esters is 1. The maximum Gasteiger partial charge on any atom is 0.387 e. The van der Waals surface area contributed by atoms with Crippen molar-refractivity contribution in [3.05, 3.63) is 54.1 Å². The monoisotopic (exact) mass is 421 g/mol. The van der Waals surface area contributed by atoms with Crippen LogP contribution >= 0.6 is 0 Å². The van der Waals surface area contributed by atoms with Crippen molar-refractivity contribution in [3.63, 3.8) is 0 Å². The molecular formula is C20H21F2N3O5.